The number of hydrogen-bond acceptors (Lipinski definition) is 3. The lowest BCUT2D eigenvalue weighted by molar-refractivity contribution is -0.111. The molecule has 1 N–H and O–H groups in total. The topological polar surface area (TPSA) is 47.6 Å². The first-order valence-corrected chi connectivity index (χ1v) is 11.1. The SMILES string of the molecule is CCCCc1ccc(NC(=O)C=Cc2ccc(OCc3ccc(Cl)cc3)c(OC)c2)cc1. The van der Waals surface area contributed by atoms with E-state index in [9.17, 15) is 4.79 Å². The molecule has 0 radical (unpaired) electrons. The van der Waals surface area contributed by atoms with Gasteiger partial charge in [-0.2, -0.15) is 0 Å². The molecule has 0 unspecified atom stereocenters. The summed E-state index contributed by atoms with van der Waals surface area (Å²) < 4.78 is 11.3. The number of aryl methyl sites for hydroxylation is 1. The fraction of sp³-hybridized carbons (Fsp3) is 0.222. The molecule has 0 heterocycles. The number of nitrogens with one attached hydrogen (secondary N) is 1. The zero-order valence-corrected chi connectivity index (χ0v) is 19.2. The number of amides is 1. The molecule has 0 aliphatic rings. The number of hydrogen-bond donors (Lipinski definition) is 1. The van der Waals surface area contributed by atoms with Crippen LogP contribution in [0.25, 0.3) is 6.08 Å². The Morgan fingerprint density at radius 3 is 2.38 bits per heavy atom. The molecule has 166 valence electrons. The van der Waals surface area contributed by atoms with Crippen LogP contribution in [0.2, 0.25) is 5.02 Å². The first-order valence-electron chi connectivity index (χ1n) is 10.7. The van der Waals surface area contributed by atoms with E-state index in [0.717, 1.165) is 23.2 Å². The molecule has 32 heavy (non-hydrogen) atoms. The molecular formula is C27H28ClNO3. The number of carbonyl (C=O) groups is 1. The summed E-state index contributed by atoms with van der Waals surface area (Å²) in [7, 11) is 1.59. The van der Waals surface area contributed by atoms with Crippen LogP contribution in [-0.2, 0) is 17.8 Å². The van der Waals surface area contributed by atoms with Crippen molar-refractivity contribution in [2.24, 2.45) is 0 Å². The minimum absolute atomic E-state index is 0.187. The lowest BCUT2D eigenvalue weighted by atomic mass is 10.1. The third-order valence-electron chi connectivity index (χ3n) is 4.96. The Kier molecular flexibility index (Phi) is 8.76. The highest BCUT2D eigenvalue weighted by molar-refractivity contribution is 6.30. The third-order valence-corrected chi connectivity index (χ3v) is 5.21. The summed E-state index contributed by atoms with van der Waals surface area (Å²) in [4.78, 5) is 12.3. The quantitative estimate of drug-likeness (QED) is 0.341. The van der Waals surface area contributed by atoms with Gasteiger partial charge in [-0.15, -0.1) is 0 Å². The van der Waals surface area contributed by atoms with E-state index >= 15 is 0 Å². The van der Waals surface area contributed by atoms with Crippen LogP contribution in [0.4, 0.5) is 5.69 Å². The summed E-state index contributed by atoms with van der Waals surface area (Å²) in [6, 6.07) is 21.0. The standard InChI is InChI=1S/C27H28ClNO3/c1-3-4-5-20-8-14-24(15-9-20)29-27(30)17-11-21-10-16-25(26(18-21)31-2)32-19-22-6-12-23(28)13-7-22/h6-18H,3-5,19H2,1-2H3,(H,29,30). The molecule has 4 nitrogen and oxygen atoms in total. The van der Waals surface area contributed by atoms with Gasteiger partial charge in [-0.05, 0) is 72.0 Å². The van der Waals surface area contributed by atoms with Crippen LogP contribution >= 0.6 is 11.6 Å². The van der Waals surface area contributed by atoms with Crippen molar-refractivity contribution in [3.63, 3.8) is 0 Å². The van der Waals surface area contributed by atoms with Gasteiger partial charge in [0.15, 0.2) is 11.5 Å². The predicted octanol–water partition coefficient (Wildman–Crippen LogP) is 6.92. The Bertz CT molecular complexity index is 1040. The highest BCUT2D eigenvalue weighted by Crippen LogP contribution is 2.29. The number of unbranched alkanes of at least 4 members (excludes halogenated alkanes) is 1. The Morgan fingerprint density at radius 1 is 0.969 bits per heavy atom. The first kappa shape index (κ1) is 23.4. The minimum atomic E-state index is -0.187. The maximum atomic E-state index is 12.3. The van der Waals surface area contributed by atoms with E-state index < -0.39 is 0 Å². The third kappa shape index (κ3) is 7.17. The van der Waals surface area contributed by atoms with Crippen molar-refractivity contribution >= 4 is 29.3 Å². The first-order chi connectivity index (χ1) is 15.6. The van der Waals surface area contributed by atoms with Gasteiger partial charge in [0.25, 0.3) is 0 Å². The Balaban J connectivity index is 1.57. The van der Waals surface area contributed by atoms with Crippen molar-refractivity contribution < 1.29 is 14.3 Å². The summed E-state index contributed by atoms with van der Waals surface area (Å²) in [6.07, 6.45) is 6.66. The van der Waals surface area contributed by atoms with E-state index in [1.807, 2.05) is 54.6 Å². The monoisotopic (exact) mass is 449 g/mol. The maximum Gasteiger partial charge on any atom is 0.248 e. The van der Waals surface area contributed by atoms with Gasteiger partial charge in [-0.25, -0.2) is 0 Å². The molecular weight excluding hydrogens is 422 g/mol. The summed E-state index contributed by atoms with van der Waals surface area (Å²) in [5.74, 6) is 1.05. The summed E-state index contributed by atoms with van der Waals surface area (Å²) in [5, 5.41) is 3.58. The number of ether oxygens (including phenoxy) is 2. The highest BCUT2D eigenvalue weighted by Gasteiger charge is 2.06. The van der Waals surface area contributed by atoms with Gasteiger partial charge < -0.3 is 14.8 Å². The van der Waals surface area contributed by atoms with E-state index in [1.54, 1.807) is 13.2 Å². The fourth-order valence-electron chi connectivity index (χ4n) is 3.14. The predicted molar refractivity (Wildman–Crippen MR) is 131 cm³/mol. The van der Waals surface area contributed by atoms with E-state index in [0.29, 0.717) is 23.1 Å². The summed E-state index contributed by atoms with van der Waals surface area (Å²) >= 11 is 5.92. The summed E-state index contributed by atoms with van der Waals surface area (Å²) in [5.41, 5.74) is 3.91. The van der Waals surface area contributed by atoms with Gasteiger partial charge in [-0.1, -0.05) is 55.3 Å². The minimum Gasteiger partial charge on any atom is -0.493 e. The number of rotatable bonds is 10. The van der Waals surface area contributed by atoms with Crippen molar-refractivity contribution in [2.45, 2.75) is 32.8 Å². The van der Waals surface area contributed by atoms with Crippen molar-refractivity contribution in [1.29, 1.82) is 0 Å². The molecule has 3 aromatic rings. The van der Waals surface area contributed by atoms with Crippen LogP contribution in [0.15, 0.2) is 72.8 Å². The lowest BCUT2D eigenvalue weighted by Crippen LogP contribution is -2.07. The number of halogens is 1. The van der Waals surface area contributed by atoms with Crippen LogP contribution in [0.5, 0.6) is 11.5 Å². The van der Waals surface area contributed by atoms with Crippen LogP contribution < -0.4 is 14.8 Å². The zero-order chi connectivity index (χ0) is 22.8. The molecule has 3 aromatic carbocycles. The van der Waals surface area contributed by atoms with E-state index in [1.165, 1.54) is 24.5 Å². The van der Waals surface area contributed by atoms with Gasteiger partial charge in [0, 0.05) is 16.8 Å². The van der Waals surface area contributed by atoms with Gasteiger partial charge in [0.05, 0.1) is 7.11 Å². The average Bonchev–Trinajstić information content (AvgIpc) is 2.82. The maximum absolute atomic E-state index is 12.3. The zero-order valence-electron chi connectivity index (χ0n) is 18.4. The molecule has 0 spiro atoms. The normalized spacial score (nSPS) is 10.8. The Morgan fingerprint density at radius 2 is 1.69 bits per heavy atom. The number of anilines is 1. The number of benzene rings is 3. The van der Waals surface area contributed by atoms with Gasteiger partial charge in [-0.3, -0.25) is 4.79 Å². The van der Waals surface area contributed by atoms with Crippen LogP contribution in [0.1, 0.15) is 36.5 Å². The van der Waals surface area contributed by atoms with Crippen LogP contribution in [-0.4, -0.2) is 13.0 Å². The molecule has 0 fully saturated rings. The van der Waals surface area contributed by atoms with E-state index in [2.05, 4.69) is 24.4 Å². The molecule has 0 aliphatic carbocycles. The lowest BCUT2D eigenvalue weighted by Gasteiger charge is -2.11. The van der Waals surface area contributed by atoms with E-state index in [4.69, 9.17) is 21.1 Å². The van der Waals surface area contributed by atoms with Crippen molar-refractivity contribution in [3.05, 3.63) is 94.5 Å². The number of carbonyl (C=O) groups excluding carboxylic acids is 1. The van der Waals surface area contributed by atoms with Gasteiger partial charge >= 0.3 is 0 Å². The molecule has 3 rings (SSSR count). The Hall–Kier alpha value is -3.24. The fourth-order valence-corrected chi connectivity index (χ4v) is 3.27. The molecule has 0 saturated heterocycles. The highest BCUT2D eigenvalue weighted by atomic mass is 35.5. The molecule has 1 amide bonds. The molecule has 0 saturated carbocycles. The van der Waals surface area contributed by atoms with Crippen LogP contribution in [0.3, 0.4) is 0 Å². The van der Waals surface area contributed by atoms with Gasteiger partial charge in [0.2, 0.25) is 5.91 Å². The van der Waals surface area contributed by atoms with E-state index in [-0.39, 0.29) is 5.91 Å². The van der Waals surface area contributed by atoms with Gasteiger partial charge in [0.1, 0.15) is 6.61 Å². The van der Waals surface area contributed by atoms with Crippen molar-refractivity contribution in [3.8, 4) is 11.5 Å². The number of methoxy groups -OCH3 is 1. The second-order valence-corrected chi connectivity index (χ2v) is 7.88. The van der Waals surface area contributed by atoms with Crippen LogP contribution in [0, 0.1) is 0 Å². The second kappa shape index (κ2) is 12.0. The van der Waals surface area contributed by atoms with Crippen molar-refractivity contribution in [2.75, 3.05) is 12.4 Å². The molecule has 0 bridgehead atoms. The molecule has 0 aliphatic heterocycles. The summed E-state index contributed by atoms with van der Waals surface area (Å²) in [6.45, 7) is 2.58. The second-order valence-electron chi connectivity index (χ2n) is 7.45. The largest absolute Gasteiger partial charge is 0.493 e. The smallest absolute Gasteiger partial charge is 0.248 e. The average molecular weight is 450 g/mol. The Labute approximate surface area is 194 Å². The van der Waals surface area contributed by atoms with Crippen molar-refractivity contribution in [1.82, 2.24) is 0 Å². The molecule has 5 heteroatoms. The molecule has 0 aromatic heterocycles. The molecule has 0 atom stereocenters.